The van der Waals surface area contributed by atoms with Crippen LogP contribution < -0.4 is 5.73 Å². The smallest absolute Gasteiger partial charge is 0.0741 e. The summed E-state index contributed by atoms with van der Waals surface area (Å²) in [6, 6.07) is 7.71. The molecule has 0 unspecified atom stereocenters. The van der Waals surface area contributed by atoms with Gasteiger partial charge in [0.05, 0.1) is 13.2 Å². The molecule has 0 aliphatic heterocycles. The molecule has 0 aromatic heterocycles. The molecule has 0 atom stereocenters. The van der Waals surface area contributed by atoms with E-state index in [-0.39, 0.29) is 0 Å². The van der Waals surface area contributed by atoms with E-state index in [2.05, 4.69) is 6.58 Å². The summed E-state index contributed by atoms with van der Waals surface area (Å²) in [5.41, 5.74) is 8.57. The van der Waals surface area contributed by atoms with E-state index in [4.69, 9.17) is 10.5 Å². The average Bonchev–Trinajstić information content (AvgIpc) is 2.08. The number of rotatable bonds is 4. The molecular weight excluding hydrogens is 162 g/mol. The molecule has 0 radical (unpaired) electrons. The van der Waals surface area contributed by atoms with Crippen molar-refractivity contribution in [2.24, 2.45) is 0 Å². The Balaban J connectivity index is 2.45. The number of hydrogen-bond donors (Lipinski definition) is 1. The van der Waals surface area contributed by atoms with Crippen LogP contribution >= 0.6 is 0 Å². The summed E-state index contributed by atoms with van der Waals surface area (Å²) in [6.07, 6.45) is 0. The first-order chi connectivity index (χ1) is 6.20. The quantitative estimate of drug-likeness (QED) is 0.566. The number of anilines is 1. The van der Waals surface area contributed by atoms with Gasteiger partial charge in [-0.25, -0.2) is 0 Å². The standard InChI is InChI=1S/C11H15NO/c1-9(2)7-13-8-10-5-3-4-6-11(10)12/h3-6H,1,7-8,12H2,2H3. The molecule has 0 saturated carbocycles. The van der Waals surface area contributed by atoms with E-state index in [1.54, 1.807) is 0 Å². The van der Waals surface area contributed by atoms with Gasteiger partial charge in [-0.1, -0.05) is 30.4 Å². The second-order valence-corrected chi connectivity index (χ2v) is 3.15. The zero-order valence-electron chi connectivity index (χ0n) is 7.92. The maximum Gasteiger partial charge on any atom is 0.0741 e. The van der Waals surface area contributed by atoms with Gasteiger partial charge in [0, 0.05) is 11.3 Å². The molecule has 0 aliphatic rings. The van der Waals surface area contributed by atoms with Crippen molar-refractivity contribution in [3.05, 3.63) is 42.0 Å². The Morgan fingerprint density at radius 1 is 1.46 bits per heavy atom. The van der Waals surface area contributed by atoms with Crippen molar-refractivity contribution in [2.45, 2.75) is 13.5 Å². The second-order valence-electron chi connectivity index (χ2n) is 3.15. The lowest BCUT2D eigenvalue weighted by atomic mass is 10.2. The molecular formula is C11H15NO. The molecule has 1 aromatic carbocycles. The van der Waals surface area contributed by atoms with Crippen LogP contribution in [0.2, 0.25) is 0 Å². The number of para-hydroxylation sites is 1. The number of benzene rings is 1. The summed E-state index contributed by atoms with van der Waals surface area (Å²) in [5.74, 6) is 0. The van der Waals surface area contributed by atoms with Crippen LogP contribution in [0.4, 0.5) is 5.69 Å². The molecule has 0 fully saturated rings. The Labute approximate surface area is 79.0 Å². The van der Waals surface area contributed by atoms with Gasteiger partial charge < -0.3 is 10.5 Å². The van der Waals surface area contributed by atoms with Gasteiger partial charge in [0.1, 0.15) is 0 Å². The second kappa shape index (κ2) is 4.67. The first-order valence-corrected chi connectivity index (χ1v) is 4.25. The minimum absolute atomic E-state index is 0.555. The molecule has 0 heterocycles. The van der Waals surface area contributed by atoms with E-state index >= 15 is 0 Å². The average molecular weight is 177 g/mol. The lowest BCUT2D eigenvalue weighted by Crippen LogP contribution is -1.99. The van der Waals surface area contributed by atoms with E-state index in [0.29, 0.717) is 13.2 Å². The van der Waals surface area contributed by atoms with Gasteiger partial charge in [0.2, 0.25) is 0 Å². The van der Waals surface area contributed by atoms with Gasteiger partial charge in [-0.3, -0.25) is 0 Å². The molecule has 0 bridgehead atoms. The van der Waals surface area contributed by atoms with Crippen LogP contribution in [0.3, 0.4) is 0 Å². The summed E-state index contributed by atoms with van der Waals surface area (Å²) in [5, 5.41) is 0. The Morgan fingerprint density at radius 2 is 2.15 bits per heavy atom. The van der Waals surface area contributed by atoms with Gasteiger partial charge in [0.15, 0.2) is 0 Å². The lowest BCUT2D eigenvalue weighted by molar-refractivity contribution is 0.143. The van der Waals surface area contributed by atoms with Gasteiger partial charge in [0.25, 0.3) is 0 Å². The summed E-state index contributed by atoms with van der Waals surface area (Å²) in [4.78, 5) is 0. The minimum Gasteiger partial charge on any atom is -0.398 e. The Morgan fingerprint density at radius 3 is 2.77 bits per heavy atom. The summed E-state index contributed by atoms with van der Waals surface area (Å²) < 4.78 is 5.38. The van der Waals surface area contributed by atoms with Crippen LogP contribution in [0, 0.1) is 0 Å². The van der Waals surface area contributed by atoms with Crippen molar-refractivity contribution in [3.63, 3.8) is 0 Å². The molecule has 0 spiro atoms. The zero-order chi connectivity index (χ0) is 9.68. The largest absolute Gasteiger partial charge is 0.398 e. The maximum atomic E-state index is 5.74. The number of hydrogen-bond acceptors (Lipinski definition) is 2. The number of ether oxygens (including phenoxy) is 1. The molecule has 70 valence electrons. The summed E-state index contributed by atoms with van der Waals surface area (Å²) in [6.45, 7) is 6.84. The normalized spacial score (nSPS) is 9.92. The van der Waals surface area contributed by atoms with Crippen molar-refractivity contribution in [1.82, 2.24) is 0 Å². The van der Waals surface area contributed by atoms with Crippen molar-refractivity contribution >= 4 is 5.69 Å². The predicted molar refractivity (Wildman–Crippen MR) is 55.3 cm³/mol. The Bertz CT molecular complexity index is 294. The Kier molecular flexibility index (Phi) is 3.53. The van der Waals surface area contributed by atoms with E-state index in [0.717, 1.165) is 16.8 Å². The highest BCUT2D eigenvalue weighted by Crippen LogP contribution is 2.11. The van der Waals surface area contributed by atoms with Crippen molar-refractivity contribution in [2.75, 3.05) is 12.3 Å². The van der Waals surface area contributed by atoms with Crippen LogP contribution in [0.1, 0.15) is 12.5 Å². The molecule has 1 rings (SSSR count). The van der Waals surface area contributed by atoms with Crippen LogP contribution in [0.5, 0.6) is 0 Å². The van der Waals surface area contributed by atoms with Gasteiger partial charge in [-0.05, 0) is 13.0 Å². The Hall–Kier alpha value is -1.28. The lowest BCUT2D eigenvalue weighted by Gasteiger charge is -2.06. The molecule has 0 saturated heterocycles. The fourth-order valence-corrected chi connectivity index (χ4v) is 1.00. The maximum absolute atomic E-state index is 5.74. The SMILES string of the molecule is C=C(C)COCc1ccccc1N. The highest BCUT2D eigenvalue weighted by Gasteiger charge is 1.96. The first kappa shape index (κ1) is 9.81. The molecule has 0 aliphatic carbocycles. The zero-order valence-corrected chi connectivity index (χ0v) is 7.92. The third-order valence-corrected chi connectivity index (χ3v) is 1.66. The van der Waals surface area contributed by atoms with Crippen LogP contribution in [-0.2, 0) is 11.3 Å². The van der Waals surface area contributed by atoms with Crippen LogP contribution in [0.15, 0.2) is 36.4 Å². The molecule has 0 amide bonds. The van der Waals surface area contributed by atoms with Crippen LogP contribution in [-0.4, -0.2) is 6.61 Å². The van der Waals surface area contributed by atoms with Gasteiger partial charge in [-0.15, -0.1) is 0 Å². The fraction of sp³-hybridized carbons (Fsp3) is 0.273. The number of nitrogens with two attached hydrogens (primary N) is 1. The third kappa shape index (κ3) is 3.30. The molecule has 2 N–H and O–H groups in total. The van der Waals surface area contributed by atoms with E-state index < -0.39 is 0 Å². The monoisotopic (exact) mass is 177 g/mol. The molecule has 2 nitrogen and oxygen atoms in total. The van der Waals surface area contributed by atoms with E-state index in [9.17, 15) is 0 Å². The predicted octanol–water partition coefficient (Wildman–Crippen LogP) is 2.36. The first-order valence-electron chi connectivity index (χ1n) is 4.25. The van der Waals surface area contributed by atoms with Crippen LogP contribution in [0.25, 0.3) is 0 Å². The summed E-state index contributed by atoms with van der Waals surface area (Å²) >= 11 is 0. The fourth-order valence-electron chi connectivity index (χ4n) is 1.00. The number of nitrogen functional groups attached to an aromatic ring is 1. The van der Waals surface area contributed by atoms with Crippen molar-refractivity contribution in [3.8, 4) is 0 Å². The highest BCUT2D eigenvalue weighted by atomic mass is 16.5. The van der Waals surface area contributed by atoms with Crippen molar-refractivity contribution in [1.29, 1.82) is 0 Å². The molecule has 13 heavy (non-hydrogen) atoms. The topological polar surface area (TPSA) is 35.2 Å². The van der Waals surface area contributed by atoms with E-state index in [1.807, 2.05) is 31.2 Å². The van der Waals surface area contributed by atoms with Crippen molar-refractivity contribution < 1.29 is 4.74 Å². The molecule has 2 heteroatoms. The molecule has 1 aromatic rings. The van der Waals surface area contributed by atoms with E-state index in [1.165, 1.54) is 0 Å². The van der Waals surface area contributed by atoms with Gasteiger partial charge in [-0.2, -0.15) is 0 Å². The minimum atomic E-state index is 0.555. The van der Waals surface area contributed by atoms with Gasteiger partial charge >= 0.3 is 0 Å². The highest BCUT2D eigenvalue weighted by molar-refractivity contribution is 5.45. The third-order valence-electron chi connectivity index (χ3n) is 1.66. The summed E-state index contributed by atoms with van der Waals surface area (Å²) in [7, 11) is 0.